The third-order valence-corrected chi connectivity index (χ3v) is 5.08. The minimum Gasteiger partial charge on any atom is -0.459 e. The highest BCUT2D eigenvalue weighted by molar-refractivity contribution is 7.98. The summed E-state index contributed by atoms with van der Waals surface area (Å²) in [6.07, 6.45) is 3.91. The highest BCUT2D eigenvalue weighted by Gasteiger charge is 2.22. The zero-order valence-electron chi connectivity index (χ0n) is 13.3. The molecule has 0 spiro atoms. The number of thioether (sulfide) groups is 1. The largest absolute Gasteiger partial charge is 0.459 e. The van der Waals surface area contributed by atoms with Gasteiger partial charge < -0.3 is 18.8 Å². The van der Waals surface area contributed by atoms with Crippen LogP contribution in [0.1, 0.15) is 30.4 Å². The van der Waals surface area contributed by atoms with Crippen LogP contribution in [0.3, 0.4) is 0 Å². The zero-order valence-corrected chi connectivity index (χ0v) is 14.1. The fraction of sp³-hybridized carbons (Fsp3) is 0.467. The molecule has 8 nitrogen and oxygen atoms in total. The van der Waals surface area contributed by atoms with Gasteiger partial charge in [0, 0.05) is 19.5 Å². The van der Waals surface area contributed by atoms with E-state index in [1.165, 1.54) is 6.42 Å². The van der Waals surface area contributed by atoms with Gasteiger partial charge in [-0.1, -0.05) is 16.9 Å². The fourth-order valence-electron chi connectivity index (χ4n) is 2.82. The van der Waals surface area contributed by atoms with Crippen LogP contribution in [0.2, 0.25) is 0 Å². The van der Waals surface area contributed by atoms with Crippen molar-refractivity contribution in [1.82, 2.24) is 30.2 Å². The third kappa shape index (κ3) is 3.09. The molecule has 1 fully saturated rings. The molecule has 0 aliphatic carbocycles. The van der Waals surface area contributed by atoms with Crippen LogP contribution in [-0.2, 0) is 12.8 Å². The Balaban J connectivity index is 1.42. The molecule has 9 heteroatoms. The van der Waals surface area contributed by atoms with Crippen molar-refractivity contribution in [2.45, 2.75) is 29.7 Å². The van der Waals surface area contributed by atoms with Gasteiger partial charge in [0.05, 0.1) is 12.0 Å². The molecule has 1 saturated heterocycles. The van der Waals surface area contributed by atoms with E-state index >= 15 is 0 Å². The minimum atomic E-state index is 0.391. The summed E-state index contributed by atoms with van der Waals surface area (Å²) < 4.78 is 12.5. The zero-order chi connectivity index (χ0) is 16.4. The van der Waals surface area contributed by atoms with E-state index < -0.39 is 0 Å². The van der Waals surface area contributed by atoms with Crippen molar-refractivity contribution < 1.29 is 8.94 Å². The first-order valence-electron chi connectivity index (χ1n) is 7.90. The second-order valence-corrected chi connectivity index (χ2v) is 6.67. The van der Waals surface area contributed by atoms with Crippen molar-refractivity contribution in [1.29, 1.82) is 0 Å². The number of hydrogen-bond acceptors (Lipinski definition) is 8. The van der Waals surface area contributed by atoms with Crippen molar-refractivity contribution in [2.75, 3.05) is 13.1 Å². The molecule has 0 bridgehead atoms. The number of nitrogens with zero attached hydrogens (tertiary/aromatic N) is 5. The van der Waals surface area contributed by atoms with Gasteiger partial charge in [0.25, 0.3) is 5.89 Å². The standard InChI is InChI=1S/C15H18N6O2S/c1-21-13(10-4-2-6-16-8-10)18-19-15(21)24-9-12-17-14(23-20-12)11-5-3-7-22-11/h3,5,7,10,16H,2,4,6,8-9H2,1H3/t10-/m0/s1. The quantitative estimate of drug-likeness (QED) is 0.703. The fourth-order valence-corrected chi connectivity index (χ4v) is 3.58. The SMILES string of the molecule is Cn1c(SCc2noc(-c3ccco3)n2)nnc1[C@H]1CCCNC1. The van der Waals surface area contributed by atoms with E-state index in [2.05, 4.69) is 30.2 Å². The molecule has 3 aromatic rings. The van der Waals surface area contributed by atoms with E-state index in [4.69, 9.17) is 8.94 Å². The Bertz CT molecular complexity index is 791. The molecule has 126 valence electrons. The molecule has 1 aliphatic heterocycles. The van der Waals surface area contributed by atoms with Gasteiger partial charge in [0.2, 0.25) is 0 Å². The molecule has 0 unspecified atom stereocenters. The predicted octanol–water partition coefficient (Wildman–Crippen LogP) is 2.22. The van der Waals surface area contributed by atoms with Gasteiger partial charge in [-0.05, 0) is 31.5 Å². The number of nitrogens with one attached hydrogen (secondary N) is 1. The van der Waals surface area contributed by atoms with Crippen molar-refractivity contribution in [3.05, 3.63) is 30.0 Å². The van der Waals surface area contributed by atoms with Gasteiger partial charge in [-0.15, -0.1) is 10.2 Å². The molecule has 3 aromatic heterocycles. The van der Waals surface area contributed by atoms with Crippen LogP contribution in [0.4, 0.5) is 0 Å². The number of aromatic nitrogens is 5. The monoisotopic (exact) mass is 346 g/mol. The summed E-state index contributed by atoms with van der Waals surface area (Å²) in [5.74, 6) is 3.61. The maximum Gasteiger partial charge on any atom is 0.293 e. The van der Waals surface area contributed by atoms with Crippen LogP contribution >= 0.6 is 11.8 Å². The average molecular weight is 346 g/mol. The normalized spacial score (nSPS) is 18.1. The average Bonchev–Trinajstić information content (AvgIpc) is 3.35. The van der Waals surface area contributed by atoms with Gasteiger partial charge >= 0.3 is 0 Å². The smallest absolute Gasteiger partial charge is 0.293 e. The van der Waals surface area contributed by atoms with E-state index in [0.29, 0.717) is 29.1 Å². The topological polar surface area (TPSA) is 94.8 Å². The van der Waals surface area contributed by atoms with Gasteiger partial charge in [0.15, 0.2) is 16.7 Å². The van der Waals surface area contributed by atoms with Gasteiger partial charge in [0.1, 0.15) is 5.82 Å². The molecular formula is C15H18N6O2S. The summed E-state index contributed by atoms with van der Waals surface area (Å²) in [5.41, 5.74) is 0. The van der Waals surface area contributed by atoms with Crippen LogP contribution in [0.25, 0.3) is 11.7 Å². The highest BCUT2D eigenvalue weighted by Crippen LogP contribution is 2.26. The molecule has 0 aromatic carbocycles. The van der Waals surface area contributed by atoms with Gasteiger partial charge in [-0.2, -0.15) is 4.98 Å². The van der Waals surface area contributed by atoms with Crippen LogP contribution in [0, 0.1) is 0 Å². The van der Waals surface area contributed by atoms with E-state index in [-0.39, 0.29) is 0 Å². The first-order valence-corrected chi connectivity index (χ1v) is 8.89. The summed E-state index contributed by atoms with van der Waals surface area (Å²) in [6, 6.07) is 3.58. The molecule has 0 radical (unpaired) electrons. The van der Waals surface area contributed by atoms with Crippen LogP contribution in [-0.4, -0.2) is 38.0 Å². The number of hydrogen-bond donors (Lipinski definition) is 1. The van der Waals surface area contributed by atoms with E-state index in [0.717, 1.165) is 30.5 Å². The first kappa shape index (κ1) is 15.4. The molecule has 1 aliphatic rings. The van der Waals surface area contributed by atoms with E-state index in [9.17, 15) is 0 Å². The van der Waals surface area contributed by atoms with Crippen LogP contribution < -0.4 is 5.32 Å². The molecule has 0 saturated carbocycles. The molecule has 1 N–H and O–H groups in total. The van der Waals surface area contributed by atoms with Crippen molar-refractivity contribution in [3.8, 4) is 11.7 Å². The minimum absolute atomic E-state index is 0.391. The number of rotatable bonds is 5. The van der Waals surface area contributed by atoms with E-state index in [1.54, 1.807) is 30.2 Å². The lowest BCUT2D eigenvalue weighted by molar-refractivity contribution is 0.411. The molecular weight excluding hydrogens is 328 g/mol. The third-order valence-electron chi connectivity index (χ3n) is 4.06. The summed E-state index contributed by atoms with van der Waals surface area (Å²) in [5, 5.41) is 16.9. The molecule has 4 heterocycles. The Morgan fingerprint density at radius 1 is 1.42 bits per heavy atom. The Labute approximate surface area is 143 Å². The maximum absolute atomic E-state index is 5.25. The van der Waals surface area contributed by atoms with Crippen molar-refractivity contribution in [3.63, 3.8) is 0 Å². The number of piperidine rings is 1. The lowest BCUT2D eigenvalue weighted by atomic mass is 9.99. The second-order valence-electron chi connectivity index (χ2n) is 5.72. The lowest BCUT2D eigenvalue weighted by Gasteiger charge is -2.21. The number of furan rings is 1. The van der Waals surface area contributed by atoms with Gasteiger partial charge in [-0.25, -0.2) is 0 Å². The Morgan fingerprint density at radius 2 is 2.38 bits per heavy atom. The van der Waals surface area contributed by atoms with Crippen molar-refractivity contribution >= 4 is 11.8 Å². The maximum atomic E-state index is 5.25. The Morgan fingerprint density at radius 3 is 3.17 bits per heavy atom. The van der Waals surface area contributed by atoms with E-state index in [1.807, 2.05) is 7.05 Å². The first-order chi connectivity index (χ1) is 11.8. The Kier molecular flexibility index (Phi) is 4.35. The second kappa shape index (κ2) is 6.78. The highest BCUT2D eigenvalue weighted by atomic mass is 32.2. The molecule has 4 rings (SSSR count). The Hall–Kier alpha value is -2.13. The molecule has 24 heavy (non-hydrogen) atoms. The van der Waals surface area contributed by atoms with Crippen LogP contribution in [0.15, 0.2) is 32.5 Å². The lowest BCUT2D eigenvalue weighted by Crippen LogP contribution is -2.29. The molecule has 0 amide bonds. The van der Waals surface area contributed by atoms with Crippen molar-refractivity contribution in [2.24, 2.45) is 7.05 Å². The van der Waals surface area contributed by atoms with Gasteiger partial charge in [-0.3, -0.25) is 0 Å². The summed E-state index contributed by atoms with van der Waals surface area (Å²) in [7, 11) is 2.01. The van der Waals surface area contributed by atoms with Crippen LogP contribution in [0.5, 0.6) is 0 Å². The molecule has 1 atom stereocenters. The summed E-state index contributed by atoms with van der Waals surface area (Å²) >= 11 is 1.55. The summed E-state index contributed by atoms with van der Waals surface area (Å²) in [4.78, 5) is 4.33. The summed E-state index contributed by atoms with van der Waals surface area (Å²) in [6.45, 7) is 2.06. The predicted molar refractivity (Wildman–Crippen MR) is 87.4 cm³/mol.